The average Bonchev–Trinajstić information content (AvgIpc) is 3.00. The fraction of sp³-hybridized carbons (Fsp3) is 0.571. The number of rotatable bonds is 5. The number of benzene rings is 1. The van der Waals surface area contributed by atoms with Gasteiger partial charge in [0, 0.05) is 50.5 Å². The normalized spacial score (nSPS) is 16.6. The number of hydrogen-bond donors (Lipinski definition) is 0. The Morgan fingerprint density at radius 1 is 0.964 bits per heavy atom. The summed E-state index contributed by atoms with van der Waals surface area (Å²) in [6.07, 6.45) is 1.93. The van der Waals surface area contributed by atoms with E-state index in [-0.39, 0.29) is 0 Å². The maximum Gasteiger partial charge on any atom is 0.243 e. The van der Waals surface area contributed by atoms with Crippen LogP contribution in [0, 0.1) is 34.6 Å². The number of sulfonamides is 1. The molecule has 0 radical (unpaired) electrons. The SMILES string of the molecule is CCn1ncc(CN2CCN(S(=O)(=O)c3c(C)c(C)cc(C)c3C)CC2)c1C. The van der Waals surface area contributed by atoms with Gasteiger partial charge in [-0.15, -0.1) is 0 Å². The highest BCUT2D eigenvalue weighted by atomic mass is 32.2. The van der Waals surface area contributed by atoms with Crippen molar-refractivity contribution in [2.45, 2.75) is 59.5 Å². The second-order valence-corrected chi connectivity index (χ2v) is 9.72. The third-order valence-corrected chi connectivity index (χ3v) is 8.30. The molecule has 0 spiro atoms. The van der Waals surface area contributed by atoms with Crippen molar-refractivity contribution in [2.75, 3.05) is 26.2 Å². The third kappa shape index (κ3) is 3.75. The molecule has 7 heteroatoms. The van der Waals surface area contributed by atoms with Gasteiger partial charge in [-0.1, -0.05) is 6.07 Å². The maximum atomic E-state index is 13.4. The zero-order valence-electron chi connectivity index (χ0n) is 17.9. The average molecular weight is 405 g/mol. The lowest BCUT2D eigenvalue weighted by atomic mass is 10.0. The lowest BCUT2D eigenvalue weighted by Gasteiger charge is -2.34. The zero-order valence-corrected chi connectivity index (χ0v) is 18.7. The molecule has 0 saturated carbocycles. The molecule has 3 rings (SSSR count). The lowest BCUT2D eigenvalue weighted by molar-refractivity contribution is 0.181. The van der Waals surface area contributed by atoms with E-state index in [1.165, 1.54) is 11.3 Å². The largest absolute Gasteiger partial charge is 0.296 e. The molecule has 28 heavy (non-hydrogen) atoms. The molecular weight excluding hydrogens is 372 g/mol. The highest BCUT2D eigenvalue weighted by Gasteiger charge is 2.32. The van der Waals surface area contributed by atoms with Crippen molar-refractivity contribution >= 4 is 10.0 Å². The molecule has 2 heterocycles. The smallest absolute Gasteiger partial charge is 0.243 e. The highest BCUT2D eigenvalue weighted by molar-refractivity contribution is 7.89. The zero-order chi connectivity index (χ0) is 20.6. The van der Waals surface area contributed by atoms with Crippen LogP contribution in [0.2, 0.25) is 0 Å². The van der Waals surface area contributed by atoms with Gasteiger partial charge in [0.05, 0.1) is 11.1 Å². The minimum absolute atomic E-state index is 0.499. The number of aryl methyl sites for hydroxylation is 3. The van der Waals surface area contributed by atoms with Gasteiger partial charge in [-0.25, -0.2) is 8.42 Å². The number of hydrogen-bond acceptors (Lipinski definition) is 4. The first kappa shape index (κ1) is 21.0. The molecule has 0 N–H and O–H groups in total. The van der Waals surface area contributed by atoms with E-state index in [0.29, 0.717) is 18.0 Å². The Bertz CT molecular complexity index is 945. The number of piperazine rings is 1. The second-order valence-electron chi connectivity index (χ2n) is 7.84. The van der Waals surface area contributed by atoms with E-state index in [2.05, 4.69) is 29.9 Å². The third-order valence-electron chi connectivity index (χ3n) is 6.12. The van der Waals surface area contributed by atoms with Gasteiger partial charge in [-0.2, -0.15) is 9.40 Å². The number of nitrogens with zero attached hydrogens (tertiary/aromatic N) is 4. The summed E-state index contributed by atoms with van der Waals surface area (Å²) in [5, 5.41) is 4.41. The van der Waals surface area contributed by atoms with Crippen LogP contribution in [0.1, 0.15) is 40.4 Å². The fourth-order valence-corrected chi connectivity index (χ4v) is 6.02. The molecular formula is C21H32N4O2S. The van der Waals surface area contributed by atoms with Crippen LogP contribution in [-0.4, -0.2) is 53.6 Å². The van der Waals surface area contributed by atoms with Crippen LogP contribution in [0.3, 0.4) is 0 Å². The van der Waals surface area contributed by atoms with Crippen LogP contribution in [0.15, 0.2) is 17.2 Å². The van der Waals surface area contributed by atoms with Crippen LogP contribution in [0.5, 0.6) is 0 Å². The standard InChI is InChI=1S/C21H32N4O2S/c1-7-25-19(6)20(13-22-25)14-23-8-10-24(11-9-23)28(26,27)21-17(4)15(2)12-16(3)18(21)5/h12-13H,7-11,14H2,1-6H3. The molecule has 2 aromatic rings. The van der Waals surface area contributed by atoms with Crippen LogP contribution in [0.4, 0.5) is 0 Å². The molecule has 1 saturated heterocycles. The molecule has 154 valence electrons. The summed E-state index contributed by atoms with van der Waals surface area (Å²) in [5.74, 6) is 0. The van der Waals surface area contributed by atoms with Gasteiger partial charge in [0.2, 0.25) is 10.0 Å². The summed E-state index contributed by atoms with van der Waals surface area (Å²) in [6, 6.07) is 2.07. The van der Waals surface area contributed by atoms with Crippen LogP contribution < -0.4 is 0 Å². The van der Waals surface area contributed by atoms with Crippen molar-refractivity contribution in [2.24, 2.45) is 0 Å². The molecule has 1 aromatic heterocycles. The van der Waals surface area contributed by atoms with E-state index in [1.807, 2.05) is 38.6 Å². The molecule has 1 aliphatic rings. The molecule has 0 aliphatic carbocycles. The first-order chi connectivity index (χ1) is 13.2. The van der Waals surface area contributed by atoms with E-state index in [0.717, 1.165) is 48.4 Å². The summed E-state index contributed by atoms with van der Waals surface area (Å²) < 4.78 is 30.4. The topological polar surface area (TPSA) is 58.4 Å². The predicted molar refractivity (Wildman–Crippen MR) is 112 cm³/mol. The fourth-order valence-electron chi connectivity index (χ4n) is 4.02. The van der Waals surface area contributed by atoms with Gasteiger partial charge in [-0.05, 0) is 63.8 Å². The molecule has 0 bridgehead atoms. The Labute approximate surface area is 169 Å². The van der Waals surface area contributed by atoms with Crippen molar-refractivity contribution in [3.63, 3.8) is 0 Å². The molecule has 1 aromatic carbocycles. The quantitative estimate of drug-likeness (QED) is 0.769. The molecule has 1 aliphatic heterocycles. The first-order valence-corrected chi connectivity index (χ1v) is 11.4. The van der Waals surface area contributed by atoms with E-state index in [4.69, 9.17) is 0 Å². The molecule has 6 nitrogen and oxygen atoms in total. The molecule has 1 fully saturated rings. The Balaban J connectivity index is 1.75. The van der Waals surface area contributed by atoms with Crippen molar-refractivity contribution in [1.82, 2.24) is 19.0 Å². The second kappa shape index (κ2) is 7.97. The Morgan fingerprint density at radius 2 is 1.54 bits per heavy atom. The maximum absolute atomic E-state index is 13.4. The Kier molecular flexibility index (Phi) is 5.98. The van der Waals surface area contributed by atoms with Gasteiger partial charge in [0.25, 0.3) is 0 Å². The van der Waals surface area contributed by atoms with Crippen LogP contribution in [-0.2, 0) is 23.1 Å². The van der Waals surface area contributed by atoms with Gasteiger partial charge in [0.1, 0.15) is 0 Å². The lowest BCUT2D eigenvalue weighted by Crippen LogP contribution is -2.48. The Hall–Kier alpha value is -1.70. The van der Waals surface area contributed by atoms with Crippen molar-refractivity contribution in [3.05, 3.63) is 45.8 Å². The molecule has 0 unspecified atom stereocenters. The van der Waals surface area contributed by atoms with Gasteiger partial charge in [-0.3, -0.25) is 9.58 Å². The summed E-state index contributed by atoms with van der Waals surface area (Å²) in [6.45, 7) is 16.2. The minimum Gasteiger partial charge on any atom is -0.296 e. The first-order valence-electron chi connectivity index (χ1n) is 9.98. The highest BCUT2D eigenvalue weighted by Crippen LogP contribution is 2.29. The predicted octanol–water partition coefficient (Wildman–Crippen LogP) is 2.95. The van der Waals surface area contributed by atoms with Gasteiger partial charge >= 0.3 is 0 Å². The van der Waals surface area contributed by atoms with Crippen molar-refractivity contribution < 1.29 is 8.42 Å². The van der Waals surface area contributed by atoms with Crippen LogP contribution in [0.25, 0.3) is 0 Å². The van der Waals surface area contributed by atoms with E-state index in [9.17, 15) is 8.42 Å². The molecule has 0 atom stereocenters. The monoisotopic (exact) mass is 404 g/mol. The summed E-state index contributed by atoms with van der Waals surface area (Å²) in [4.78, 5) is 2.82. The van der Waals surface area contributed by atoms with Gasteiger partial charge < -0.3 is 0 Å². The van der Waals surface area contributed by atoms with E-state index in [1.54, 1.807) is 4.31 Å². The van der Waals surface area contributed by atoms with Gasteiger partial charge in [0.15, 0.2) is 0 Å². The van der Waals surface area contributed by atoms with Crippen molar-refractivity contribution in [1.29, 1.82) is 0 Å². The number of aromatic nitrogens is 2. The van der Waals surface area contributed by atoms with E-state index < -0.39 is 10.0 Å². The van der Waals surface area contributed by atoms with Crippen molar-refractivity contribution in [3.8, 4) is 0 Å². The summed E-state index contributed by atoms with van der Waals surface area (Å²) >= 11 is 0. The molecule has 0 amide bonds. The van der Waals surface area contributed by atoms with E-state index >= 15 is 0 Å². The van der Waals surface area contributed by atoms with Crippen LogP contribution >= 0.6 is 0 Å². The minimum atomic E-state index is -3.48. The summed E-state index contributed by atoms with van der Waals surface area (Å²) in [5.41, 5.74) is 6.21. The summed E-state index contributed by atoms with van der Waals surface area (Å²) in [7, 11) is -3.48. The Morgan fingerprint density at radius 3 is 2.04 bits per heavy atom.